The molecule has 0 amide bonds. The lowest BCUT2D eigenvalue weighted by atomic mass is 9.96. The number of piperidine rings is 1. The Hall–Kier alpha value is -0.0800. The third-order valence-corrected chi connectivity index (χ3v) is 3.64. The molecular weight excluding hydrogens is 174 g/mol. The fourth-order valence-corrected chi connectivity index (χ4v) is 2.58. The third-order valence-electron chi connectivity index (χ3n) is 3.64. The van der Waals surface area contributed by atoms with Crippen LogP contribution in [0.15, 0.2) is 0 Å². The largest absolute Gasteiger partial charge is 0.381 e. The van der Waals surface area contributed by atoms with Gasteiger partial charge in [-0.05, 0) is 57.7 Å². The highest BCUT2D eigenvalue weighted by Gasteiger charge is 2.16. The van der Waals surface area contributed by atoms with Crippen molar-refractivity contribution in [2.45, 2.75) is 38.5 Å². The van der Waals surface area contributed by atoms with Crippen LogP contribution in [0.2, 0.25) is 0 Å². The fraction of sp³-hybridized carbons (Fsp3) is 1.00. The van der Waals surface area contributed by atoms with E-state index in [4.69, 9.17) is 4.74 Å². The lowest BCUT2D eigenvalue weighted by Gasteiger charge is -2.29. The van der Waals surface area contributed by atoms with E-state index in [1.807, 2.05) is 0 Å². The normalized spacial score (nSPS) is 26.6. The average molecular weight is 197 g/mol. The molecular formula is C12H23NO. The predicted octanol–water partition coefficient (Wildman–Crippen LogP) is 2.29. The second-order valence-electron chi connectivity index (χ2n) is 4.75. The molecule has 2 heteroatoms. The lowest BCUT2D eigenvalue weighted by molar-refractivity contribution is 0.0592. The summed E-state index contributed by atoms with van der Waals surface area (Å²) in [6.45, 7) is 6.05. The average Bonchev–Trinajstić information content (AvgIpc) is 2.29. The van der Waals surface area contributed by atoms with Crippen molar-refractivity contribution in [3.8, 4) is 0 Å². The zero-order valence-electron chi connectivity index (χ0n) is 9.21. The standard InChI is InChI=1S/C12H23NO/c1-2-7-13(8-3-1)9-4-12-5-10-14-11-6-12/h12H,1-11H2. The van der Waals surface area contributed by atoms with Crippen molar-refractivity contribution >= 4 is 0 Å². The summed E-state index contributed by atoms with van der Waals surface area (Å²) in [5.74, 6) is 0.950. The van der Waals surface area contributed by atoms with Gasteiger partial charge in [0.15, 0.2) is 0 Å². The topological polar surface area (TPSA) is 12.5 Å². The second kappa shape index (κ2) is 5.72. The highest BCUT2D eigenvalue weighted by Crippen LogP contribution is 2.19. The van der Waals surface area contributed by atoms with Crippen LogP contribution in [0.5, 0.6) is 0 Å². The molecule has 0 atom stereocenters. The zero-order valence-corrected chi connectivity index (χ0v) is 9.21. The second-order valence-corrected chi connectivity index (χ2v) is 4.75. The van der Waals surface area contributed by atoms with Crippen molar-refractivity contribution in [1.29, 1.82) is 0 Å². The van der Waals surface area contributed by atoms with Gasteiger partial charge < -0.3 is 9.64 Å². The Bertz CT molecular complexity index is 130. The van der Waals surface area contributed by atoms with Crippen LogP contribution in [-0.4, -0.2) is 37.7 Å². The van der Waals surface area contributed by atoms with Crippen LogP contribution in [0.25, 0.3) is 0 Å². The molecule has 0 aromatic rings. The summed E-state index contributed by atoms with van der Waals surface area (Å²) in [4.78, 5) is 2.65. The molecule has 0 radical (unpaired) electrons. The van der Waals surface area contributed by atoms with Crippen LogP contribution in [0.3, 0.4) is 0 Å². The minimum atomic E-state index is 0.950. The van der Waals surface area contributed by atoms with Crippen molar-refractivity contribution < 1.29 is 4.74 Å². The summed E-state index contributed by atoms with van der Waals surface area (Å²) in [7, 11) is 0. The smallest absolute Gasteiger partial charge is 0.0468 e. The molecule has 2 heterocycles. The van der Waals surface area contributed by atoms with Gasteiger partial charge in [-0.1, -0.05) is 6.42 Å². The molecule has 0 bridgehead atoms. The van der Waals surface area contributed by atoms with Crippen molar-refractivity contribution in [2.75, 3.05) is 32.8 Å². The van der Waals surface area contributed by atoms with Gasteiger partial charge in [-0.3, -0.25) is 0 Å². The maximum Gasteiger partial charge on any atom is 0.0468 e. The van der Waals surface area contributed by atoms with E-state index in [-0.39, 0.29) is 0 Å². The first-order valence-corrected chi connectivity index (χ1v) is 6.25. The number of likely N-dealkylation sites (tertiary alicyclic amines) is 1. The Morgan fingerprint density at radius 2 is 1.71 bits per heavy atom. The van der Waals surface area contributed by atoms with Crippen molar-refractivity contribution in [3.63, 3.8) is 0 Å². The van der Waals surface area contributed by atoms with Crippen LogP contribution in [0.4, 0.5) is 0 Å². The fourth-order valence-electron chi connectivity index (χ4n) is 2.58. The van der Waals surface area contributed by atoms with E-state index in [1.165, 1.54) is 58.2 Å². The lowest BCUT2D eigenvalue weighted by Crippen LogP contribution is -2.32. The number of hydrogen-bond acceptors (Lipinski definition) is 2. The summed E-state index contributed by atoms with van der Waals surface area (Å²) < 4.78 is 5.38. The summed E-state index contributed by atoms with van der Waals surface area (Å²) in [5.41, 5.74) is 0. The Morgan fingerprint density at radius 3 is 2.43 bits per heavy atom. The van der Waals surface area contributed by atoms with Crippen LogP contribution >= 0.6 is 0 Å². The number of nitrogens with zero attached hydrogens (tertiary/aromatic N) is 1. The zero-order chi connectivity index (χ0) is 9.64. The summed E-state index contributed by atoms with van der Waals surface area (Å²) in [6, 6.07) is 0. The molecule has 0 aliphatic carbocycles. The monoisotopic (exact) mass is 197 g/mol. The van der Waals surface area contributed by atoms with E-state index in [1.54, 1.807) is 0 Å². The molecule has 0 spiro atoms. The first kappa shape index (κ1) is 10.4. The molecule has 2 saturated heterocycles. The van der Waals surface area contributed by atoms with Gasteiger partial charge in [0.05, 0.1) is 0 Å². The van der Waals surface area contributed by atoms with E-state index in [9.17, 15) is 0 Å². The van der Waals surface area contributed by atoms with Gasteiger partial charge in [0, 0.05) is 13.2 Å². The number of hydrogen-bond donors (Lipinski definition) is 0. The minimum Gasteiger partial charge on any atom is -0.381 e. The summed E-state index contributed by atoms with van der Waals surface area (Å²) in [6.07, 6.45) is 8.31. The molecule has 2 fully saturated rings. The van der Waals surface area contributed by atoms with Crippen molar-refractivity contribution in [2.24, 2.45) is 5.92 Å². The van der Waals surface area contributed by atoms with Crippen LogP contribution in [0, 0.1) is 5.92 Å². The van der Waals surface area contributed by atoms with Gasteiger partial charge in [0.2, 0.25) is 0 Å². The van der Waals surface area contributed by atoms with E-state index >= 15 is 0 Å². The Balaban J connectivity index is 1.60. The van der Waals surface area contributed by atoms with E-state index in [2.05, 4.69) is 4.90 Å². The molecule has 2 aliphatic rings. The van der Waals surface area contributed by atoms with Gasteiger partial charge >= 0.3 is 0 Å². The Labute approximate surface area is 87.6 Å². The summed E-state index contributed by atoms with van der Waals surface area (Å²) in [5, 5.41) is 0. The van der Waals surface area contributed by atoms with Gasteiger partial charge in [0.25, 0.3) is 0 Å². The summed E-state index contributed by atoms with van der Waals surface area (Å²) >= 11 is 0. The van der Waals surface area contributed by atoms with Crippen LogP contribution < -0.4 is 0 Å². The number of rotatable bonds is 3. The minimum absolute atomic E-state index is 0.950. The molecule has 0 N–H and O–H groups in total. The molecule has 2 aliphatic heterocycles. The molecule has 82 valence electrons. The van der Waals surface area contributed by atoms with Gasteiger partial charge in [-0.15, -0.1) is 0 Å². The molecule has 0 unspecified atom stereocenters. The Kier molecular flexibility index (Phi) is 4.26. The SMILES string of the molecule is C1CCN(CCC2CCOCC2)CC1. The molecule has 2 rings (SSSR count). The third kappa shape index (κ3) is 3.25. The Morgan fingerprint density at radius 1 is 1.00 bits per heavy atom. The predicted molar refractivity (Wildman–Crippen MR) is 58.5 cm³/mol. The quantitative estimate of drug-likeness (QED) is 0.688. The van der Waals surface area contributed by atoms with Crippen molar-refractivity contribution in [3.05, 3.63) is 0 Å². The number of ether oxygens (including phenoxy) is 1. The van der Waals surface area contributed by atoms with E-state index in [0.29, 0.717) is 0 Å². The molecule has 14 heavy (non-hydrogen) atoms. The van der Waals surface area contributed by atoms with Gasteiger partial charge in [-0.25, -0.2) is 0 Å². The van der Waals surface area contributed by atoms with Gasteiger partial charge in [0.1, 0.15) is 0 Å². The van der Waals surface area contributed by atoms with E-state index < -0.39 is 0 Å². The van der Waals surface area contributed by atoms with Crippen molar-refractivity contribution in [1.82, 2.24) is 4.90 Å². The first-order chi connectivity index (χ1) is 6.95. The maximum atomic E-state index is 5.38. The van der Waals surface area contributed by atoms with Crippen LogP contribution in [0.1, 0.15) is 38.5 Å². The highest BCUT2D eigenvalue weighted by atomic mass is 16.5. The van der Waals surface area contributed by atoms with E-state index in [0.717, 1.165) is 19.1 Å². The molecule has 0 saturated carbocycles. The van der Waals surface area contributed by atoms with Gasteiger partial charge in [-0.2, -0.15) is 0 Å². The molecule has 2 nitrogen and oxygen atoms in total. The molecule has 0 aromatic heterocycles. The molecule has 0 aromatic carbocycles. The van der Waals surface area contributed by atoms with Crippen LogP contribution in [-0.2, 0) is 4.74 Å². The highest BCUT2D eigenvalue weighted by molar-refractivity contribution is 4.69. The maximum absolute atomic E-state index is 5.38. The first-order valence-electron chi connectivity index (χ1n) is 6.25.